The predicted octanol–water partition coefficient (Wildman–Crippen LogP) is 0.493. The number of likely N-dealkylation sites (tertiary alicyclic amines) is 1. The largest absolute Gasteiger partial charge is 0.480 e. The highest BCUT2D eigenvalue weighted by Gasteiger charge is 2.36. The molecular formula is C18H23N3O6. The maximum atomic E-state index is 12.6. The molecular weight excluding hydrogens is 354 g/mol. The lowest BCUT2D eigenvalue weighted by Crippen LogP contribution is -2.53. The summed E-state index contributed by atoms with van der Waals surface area (Å²) in [5.41, 5.74) is 0.821. The monoisotopic (exact) mass is 377 g/mol. The van der Waals surface area contributed by atoms with E-state index in [4.69, 9.17) is 9.84 Å². The molecule has 1 saturated heterocycles. The van der Waals surface area contributed by atoms with Crippen molar-refractivity contribution in [2.45, 2.75) is 38.5 Å². The van der Waals surface area contributed by atoms with E-state index in [0.717, 1.165) is 5.56 Å². The van der Waals surface area contributed by atoms with Crippen LogP contribution in [0.25, 0.3) is 0 Å². The number of hydrogen-bond donors (Lipinski definition) is 3. The van der Waals surface area contributed by atoms with Gasteiger partial charge in [-0.1, -0.05) is 30.3 Å². The minimum atomic E-state index is -1.16. The van der Waals surface area contributed by atoms with E-state index in [9.17, 15) is 19.2 Å². The molecule has 3 N–H and O–H groups in total. The summed E-state index contributed by atoms with van der Waals surface area (Å²) in [6.45, 7) is 1.46. The van der Waals surface area contributed by atoms with Crippen molar-refractivity contribution in [3.63, 3.8) is 0 Å². The average Bonchev–Trinajstić information content (AvgIpc) is 3.14. The zero-order chi connectivity index (χ0) is 19.8. The highest BCUT2D eigenvalue weighted by molar-refractivity contribution is 5.92. The second kappa shape index (κ2) is 9.56. The van der Waals surface area contributed by atoms with Crippen LogP contribution in [0.3, 0.4) is 0 Å². The first-order valence-corrected chi connectivity index (χ1v) is 8.65. The van der Waals surface area contributed by atoms with Crippen LogP contribution >= 0.6 is 0 Å². The van der Waals surface area contributed by atoms with Crippen molar-refractivity contribution in [2.24, 2.45) is 0 Å². The van der Waals surface area contributed by atoms with Gasteiger partial charge in [0, 0.05) is 6.54 Å². The van der Waals surface area contributed by atoms with Crippen molar-refractivity contribution < 1.29 is 29.0 Å². The number of carbonyl (C=O) groups excluding carboxylic acids is 3. The van der Waals surface area contributed by atoms with E-state index in [-0.39, 0.29) is 6.61 Å². The molecule has 3 amide bonds. The van der Waals surface area contributed by atoms with Gasteiger partial charge in [-0.05, 0) is 25.3 Å². The minimum absolute atomic E-state index is 0.0809. The summed E-state index contributed by atoms with van der Waals surface area (Å²) in [5.74, 6) is -2.09. The zero-order valence-electron chi connectivity index (χ0n) is 15.0. The molecule has 0 radical (unpaired) electrons. The Bertz CT molecular complexity index is 694. The molecule has 0 bridgehead atoms. The number of carboxylic acids is 1. The summed E-state index contributed by atoms with van der Waals surface area (Å²) in [6, 6.07) is 7.52. The summed E-state index contributed by atoms with van der Waals surface area (Å²) in [6.07, 6.45) is 0.343. The molecule has 1 fully saturated rings. The first kappa shape index (κ1) is 20.2. The lowest BCUT2D eigenvalue weighted by molar-refractivity contribution is -0.141. The van der Waals surface area contributed by atoms with Crippen LogP contribution < -0.4 is 10.6 Å². The average molecular weight is 377 g/mol. The summed E-state index contributed by atoms with van der Waals surface area (Å²) in [7, 11) is 0. The van der Waals surface area contributed by atoms with Crippen molar-refractivity contribution >= 4 is 23.9 Å². The first-order valence-electron chi connectivity index (χ1n) is 8.65. The van der Waals surface area contributed by atoms with Crippen molar-refractivity contribution in [1.29, 1.82) is 0 Å². The smallest absolute Gasteiger partial charge is 0.408 e. The minimum Gasteiger partial charge on any atom is -0.480 e. The molecule has 1 aromatic carbocycles. The van der Waals surface area contributed by atoms with Gasteiger partial charge in [0.1, 0.15) is 25.2 Å². The predicted molar refractivity (Wildman–Crippen MR) is 94.6 cm³/mol. The third-order valence-corrected chi connectivity index (χ3v) is 4.17. The highest BCUT2D eigenvalue weighted by atomic mass is 16.5. The normalized spacial score (nSPS) is 17.1. The van der Waals surface area contributed by atoms with Crippen molar-refractivity contribution in [3.8, 4) is 0 Å². The molecule has 1 aliphatic heterocycles. The van der Waals surface area contributed by atoms with Gasteiger partial charge < -0.3 is 25.4 Å². The number of carboxylic acid groups (broad SMARTS) is 1. The van der Waals surface area contributed by atoms with Crippen LogP contribution in [-0.4, -0.2) is 59.1 Å². The summed E-state index contributed by atoms with van der Waals surface area (Å²) < 4.78 is 5.09. The number of ether oxygens (including phenoxy) is 1. The van der Waals surface area contributed by atoms with Crippen LogP contribution in [0, 0.1) is 0 Å². The number of hydrogen-bond acceptors (Lipinski definition) is 5. The van der Waals surface area contributed by atoms with Crippen molar-refractivity contribution in [3.05, 3.63) is 35.9 Å². The van der Waals surface area contributed by atoms with E-state index >= 15 is 0 Å². The second-order valence-electron chi connectivity index (χ2n) is 6.23. The van der Waals surface area contributed by atoms with Gasteiger partial charge >= 0.3 is 12.1 Å². The molecule has 1 heterocycles. The summed E-state index contributed by atoms with van der Waals surface area (Å²) >= 11 is 0. The molecule has 0 aromatic heterocycles. The van der Waals surface area contributed by atoms with Crippen molar-refractivity contribution in [2.75, 3.05) is 13.1 Å². The molecule has 2 rings (SSSR count). The fraction of sp³-hybridized carbons (Fsp3) is 0.444. The molecule has 146 valence electrons. The maximum Gasteiger partial charge on any atom is 0.408 e. The number of nitrogens with zero attached hydrogens (tertiary/aromatic N) is 1. The quantitative estimate of drug-likeness (QED) is 0.635. The SMILES string of the molecule is C[C@H](NC(=O)OCc1ccccc1)C(=O)N1CCC[C@H]1C(=O)NCC(=O)O. The Morgan fingerprint density at radius 2 is 1.96 bits per heavy atom. The van der Waals surface area contributed by atoms with Crippen LogP contribution in [0.1, 0.15) is 25.3 Å². The summed E-state index contributed by atoms with van der Waals surface area (Å²) in [4.78, 5) is 48.5. The van der Waals surface area contributed by atoms with Crippen LogP contribution in [0.4, 0.5) is 4.79 Å². The number of benzene rings is 1. The van der Waals surface area contributed by atoms with E-state index in [1.165, 1.54) is 11.8 Å². The van der Waals surface area contributed by atoms with Crippen LogP contribution in [-0.2, 0) is 25.7 Å². The van der Waals surface area contributed by atoms with Gasteiger partial charge in [-0.15, -0.1) is 0 Å². The van der Waals surface area contributed by atoms with E-state index < -0.39 is 42.5 Å². The standard InChI is InChI=1S/C18H23N3O6/c1-12(20-18(26)27-11-13-6-3-2-4-7-13)17(25)21-9-5-8-14(21)16(24)19-10-15(22)23/h2-4,6-7,12,14H,5,8-11H2,1H3,(H,19,24)(H,20,26)(H,22,23)/t12-,14-/m0/s1. The van der Waals surface area contributed by atoms with E-state index in [1.54, 1.807) is 0 Å². The number of carbonyl (C=O) groups is 4. The third-order valence-electron chi connectivity index (χ3n) is 4.17. The van der Waals surface area contributed by atoms with Gasteiger partial charge in [0.2, 0.25) is 11.8 Å². The van der Waals surface area contributed by atoms with Crippen LogP contribution in [0.15, 0.2) is 30.3 Å². The molecule has 1 aliphatic rings. The maximum absolute atomic E-state index is 12.6. The summed E-state index contributed by atoms with van der Waals surface area (Å²) in [5, 5.41) is 13.4. The highest BCUT2D eigenvalue weighted by Crippen LogP contribution is 2.18. The molecule has 0 saturated carbocycles. The van der Waals surface area contributed by atoms with Gasteiger partial charge in [-0.3, -0.25) is 14.4 Å². The fourth-order valence-corrected chi connectivity index (χ4v) is 2.84. The number of alkyl carbamates (subject to hydrolysis) is 1. The van der Waals surface area contributed by atoms with Gasteiger partial charge in [-0.25, -0.2) is 4.79 Å². The fourth-order valence-electron chi connectivity index (χ4n) is 2.84. The second-order valence-corrected chi connectivity index (χ2v) is 6.23. The van der Waals surface area contributed by atoms with Crippen LogP contribution in [0.2, 0.25) is 0 Å². The Hall–Kier alpha value is -3.10. The van der Waals surface area contributed by atoms with Gasteiger partial charge in [0.25, 0.3) is 0 Å². The Labute approximate surface area is 156 Å². The number of rotatable bonds is 7. The lowest BCUT2D eigenvalue weighted by atomic mass is 10.2. The van der Waals surface area contributed by atoms with Crippen molar-refractivity contribution in [1.82, 2.24) is 15.5 Å². The van der Waals surface area contributed by atoms with Crippen LogP contribution in [0.5, 0.6) is 0 Å². The Balaban J connectivity index is 1.84. The topological polar surface area (TPSA) is 125 Å². The number of nitrogens with one attached hydrogen (secondary N) is 2. The molecule has 27 heavy (non-hydrogen) atoms. The van der Waals surface area contributed by atoms with E-state index in [2.05, 4.69) is 10.6 Å². The Morgan fingerprint density at radius 1 is 1.26 bits per heavy atom. The lowest BCUT2D eigenvalue weighted by Gasteiger charge is -2.26. The molecule has 0 spiro atoms. The first-order chi connectivity index (χ1) is 12.9. The van der Waals surface area contributed by atoms with Gasteiger partial charge in [0.05, 0.1) is 0 Å². The molecule has 0 aliphatic carbocycles. The number of amides is 3. The molecule has 2 atom stereocenters. The molecule has 0 unspecified atom stereocenters. The van der Waals surface area contributed by atoms with Gasteiger partial charge in [0.15, 0.2) is 0 Å². The van der Waals surface area contributed by atoms with E-state index in [1.807, 2.05) is 30.3 Å². The molecule has 1 aromatic rings. The van der Waals surface area contributed by atoms with Gasteiger partial charge in [-0.2, -0.15) is 0 Å². The Kier molecular flexibility index (Phi) is 7.16. The molecule has 9 nitrogen and oxygen atoms in total. The zero-order valence-corrected chi connectivity index (χ0v) is 15.0. The molecule has 9 heteroatoms. The van der Waals surface area contributed by atoms with E-state index in [0.29, 0.717) is 19.4 Å². The third kappa shape index (κ3) is 5.98. The number of aliphatic carboxylic acids is 1. The Morgan fingerprint density at radius 3 is 2.63 bits per heavy atom.